The minimum atomic E-state index is 0.0618. The predicted octanol–water partition coefficient (Wildman–Crippen LogP) is 3.50. The molecule has 3 heteroatoms. The second kappa shape index (κ2) is 7.06. The number of ether oxygens (including phenoxy) is 1. The molecule has 0 radical (unpaired) electrons. The van der Waals surface area contributed by atoms with Crippen molar-refractivity contribution >= 4 is 0 Å². The van der Waals surface area contributed by atoms with Crippen molar-refractivity contribution in [3.05, 3.63) is 48.7 Å². The van der Waals surface area contributed by atoms with E-state index in [2.05, 4.69) is 18.8 Å². The highest BCUT2D eigenvalue weighted by Gasteiger charge is 2.10. The van der Waals surface area contributed by atoms with Crippen molar-refractivity contribution in [2.45, 2.75) is 26.3 Å². The molecule has 106 valence electrons. The minimum absolute atomic E-state index is 0.0618. The van der Waals surface area contributed by atoms with E-state index in [1.807, 2.05) is 42.5 Å². The number of para-hydroxylation sites is 1. The highest BCUT2D eigenvalue weighted by atomic mass is 16.5. The first-order valence-electron chi connectivity index (χ1n) is 7.05. The van der Waals surface area contributed by atoms with Gasteiger partial charge in [-0.2, -0.15) is 0 Å². The first-order chi connectivity index (χ1) is 9.66. The van der Waals surface area contributed by atoms with Crippen LogP contribution in [0.3, 0.4) is 0 Å². The molecule has 1 heterocycles. The van der Waals surface area contributed by atoms with Crippen LogP contribution >= 0.6 is 0 Å². The lowest BCUT2D eigenvalue weighted by Crippen LogP contribution is -2.29. The van der Waals surface area contributed by atoms with Gasteiger partial charge in [0.1, 0.15) is 12.4 Å². The van der Waals surface area contributed by atoms with Gasteiger partial charge in [0.25, 0.3) is 0 Å². The third-order valence-corrected chi connectivity index (χ3v) is 3.05. The Morgan fingerprint density at radius 2 is 1.85 bits per heavy atom. The van der Waals surface area contributed by atoms with Crippen molar-refractivity contribution in [2.75, 3.05) is 6.61 Å². The van der Waals surface area contributed by atoms with Gasteiger partial charge in [0.2, 0.25) is 0 Å². The maximum absolute atomic E-state index is 6.07. The monoisotopic (exact) mass is 270 g/mol. The maximum Gasteiger partial charge on any atom is 0.128 e. The molecule has 0 saturated heterocycles. The molecule has 0 aliphatic heterocycles. The summed E-state index contributed by atoms with van der Waals surface area (Å²) < 4.78 is 5.89. The first-order valence-corrected chi connectivity index (χ1v) is 7.05. The molecule has 0 spiro atoms. The molecular formula is C17H22N2O. The van der Waals surface area contributed by atoms with Crippen LogP contribution in [0.4, 0.5) is 0 Å². The Morgan fingerprint density at radius 1 is 1.10 bits per heavy atom. The Hall–Kier alpha value is -1.87. The molecule has 2 N–H and O–H groups in total. The largest absolute Gasteiger partial charge is 0.491 e. The third kappa shape index (κ3) is 4.07. The van der Waals surface area contributed by atoms with E-state index in [-0.39, 0.29) is 6.04 Å². The molecule has 3 nitrogen and oxygen atoms in total. The molecule has 0 fully saturated rings. The standard InChI is InChI=1S/C17H22N2O/c1-13(2)11-14(18)12-20-17-9-4-3-7-15(17)16-8-5-6-10-19-16/h3-10,13-14H,11-12,18H2,1-2H3/t14-/m0/s1. The Morgan fingerprint density at radius 3 is 2.55 bits per heavy atom. The van der Waals surface area contributed by atoms with E-state index >= 15 is 0 Å². The summed E-state index contributed by atoms with van der Waals surface area (Å²) in [5.41, 5.74) is 7.99. The summed E-state index contributed by atoms with van der Waals surface area (Å²) in [7, 11) is 0. The first kappa shape index (κ1) is 14.5. The number of aromatic nitrogens is 1. The average Bonchev–Trinajstić information content (AvgIpc) is 2.46. The van der Waals surface area contributed by atoms with Gasteiger partial charge in [-0.05, 0) is 36.6 Å². The van der Waals surface area contributed by atoms with Crippen LogP contribution in [0.15, 0.2) is 48.7 Å². The minimum Gasteiger partial charge on any atom is -0.491 e. The number of nitrogens with two attached hydrogens (primary N) is 1. The summed E-state index contributed by atoms with van der Waals surface area (Å²) >= 11 is 0. The van der Waals surface area contributed by atoms with E-state index in [0.29, 0.717) is 12.5 Å². The van der Waals surface area contributed by atoms with Crippen LogP contribution in [0.2, 0.25) is 0 Å². The number of hydrogen-bond donors (Lipinski definition) is 1. The molecule has 0 amide bonds. The highest BCUT2D eigenvalue weighted by molar-refractivity contribution is 5.66. The van der Waals surface area contributed by atoms with Crippen LogP contribution in [0, 0.1) is 5.92 Å². The topological polar surface area (TPSA) is 48.1 Å². The van der Waals surface area contributed by atoms with Crippen LogP contribution < -0.4 is 10.5 Å². The molecule has 0 bridgehead atoms. The summed E-state index contributed by atoms with van der Waals surface area (Å²) in [6.07, 6.45) is 2.75. The van der Waals surface area contributed by atoms with E-state index in [9.17, 15) is 0 Å². The van der Waals surface area contributed by atoms with Crippen LogP contribution in [0.25, 0.3) is 11.3 Å². The van der Waals surface area contributed by atoms with Gasteiger partial charge in [-0.25, -0.2) is 0 Å². The number of benzene rings is 1. The zero-order chi connectivity index (χ0) is 14.4. The summed E-state index contributed by atoms with van der Waals surface area (Å²) in [6, 6.07) is 13.9. The molecule has 1 atom stereocenters. The van der Waals surface area contributed by atoms with Crippen molar-refractivity contribution in [3.63, 3.8) is 0 Å². The molecule has 1 aromatic carbocycles. The van der Waals surface area contributed by atoms with Gasteiger partial charge >= 0.3 is 0 Å². The van der Waals surface area contributed by atoms with Gasteiger partial charge in [-0.3, -0.25) is 4.98 Å². The number of nitrogens with zero attached hydrogens (tertiary/aromatic N) is 1. The van der Waals surface area contributed by atoms with Gasteiger partial charge in [0.05, 0.1) is 5.69 Å². The van der Waals surface area contributed by atoms with Gasteiger partial charge in [0.15, 0.2) is 0 Å². The molecule has 2 rings (SSSR count). The van der Waals surface area contributed by atoms with E-state index in [4.69, 9.17) is 10.5 Å². The van der Waals surface area contributed by atoms with E-state index in [0.717, 1.165) is 23.4 Å². The Labute approximate surface area is 120 Å². The Bertz CT molecular complexity index is 526. The second-order valence-electron chi connectivity index (χ2n) is 5.41. The summed E-state index contributed by atoms with van der Waals surface area (Å²) in [5, 5.41) is 0. The number of hydrogen-bond acceptors (Lipinski definition) is 3. The van der Waals surface area contributed by atoms with Gasteiger partial charge in [-0.15, -0.1) is 0 Å². The van der Waals surface area contributed by atoms with E-state index < -0.39 is 0 Å². The lowest BCUT2D eigenvalue weighted by Gasteiger charge is -2.16. The van der Waals surface area contributed by atoms with Gasteiger partial charge in [0, 0.05) is 17.8 Å². The molecular weight excluding hydrogens is 248 g/mol. The quantitative estimate of drug-likeness (QED) is 0.874. The smallest absolute Gasteiger partial charge is 0.128 e. The van der Waals surface area contributed by atoms with Crippen molar-refractivity contribution in [1.82, 2.24) is 4.98 Å². The van der Waals surface area contributed by atoms with E-state index in [1.54, 1.807) is 6.20 Å². The van der Waals surface area contributed by atoms with Gasteiger partial charge < -0.3 is 10.5 Å². The maximum atomic E-state index is 6.07. The summed E-state index contributed by atoms with van der Waals surface area (Å²) in [6.45, 7) is 4.87. The van der Waals surface area contributed by atoms with Crippen LogP contribution in [-0.2, 0) is 0 Å². The van der Waals surface area contributed by atoms with E-state index in [1.165, 1.54) is 0 Å². The SMILES string of the molecule is CC(C)C[C@H](N)COc1ccccc1-c1ccccn1. The molecule has 0 saturated carbocycles. The summed E-state index contributed by atoms with van der Waals surface area (Å²) in [5.74, 6) is 1.42. The third-order valence-electron chi connectivity index (χ3n) is 3.05. The number of pyridine rings is 1. The molecule has 0 aliphatic carbocycles. The van der Waals surface area contributed by atoms with Crippen LogP contribution in [0.1, 0.15) is 20.3 Å². The lowest BCUT2D eigenvalue weighted by atomic mass is 10.1. The van der Waals surface area contributed by atoms with Gasteiger partial charge in [-0.1, -0.05) is 32.0 Å². The Kier molecular flexibility index (Phi) is 5.13. The van der Waals surface area contributed by atoms with Crippen molar-refractivity contribution in [1.29, 1.82) is 0 Å². The molecule has 0 aliphatic rings. The highest BCUT2D eigenvalue weighted by Crippen LogP contribution is 2.28. The van der Waals surface area contributed by atoms with Crippen molar-refractivity contribution in [2.24, 2.45) is 11.7 Å². The number of rotatable bonds is 6. The fourth-order valence-electron chi connectivity index (χ4n) is 2.20. The average molecular weight is 270 g/mol. The van der Waals surface area contributed by atoms with Crippen LogP contribution in [0.5, 0.6) is 5.75 Å². The predicted molar refractivity (Wildman–Crippen MR) is 82.6 cm³/mol. The molecule has 20 heavy (non-hydrogen) atoms. The molecule has 1 aromatic heterocycles. The van der Waals surface area contributed by atoms with Crippen molar-refractivity contribution in [3.8, 4) is 17.0 Å². The fraction of sp³-hybridized carbons (Fsp3) is 0.353. The molecule has 2 aromatic rings. The molecule has 0 unspecified atom stereocenters. The normalized spacial score (nSPS) is 12.4. The Balaban J connectivity index is 2.09. The van der Waals surface area contributed by atoms with Crippen LogP contribution in [-0.4, -0.2) is 17.6 Å². The second-order valence-corrected chi connectivity index (χ2v) is 5.41. The van der Waals surface area contributed by atoms with Crippen molar-refractivity contribution < 1.29 is 4.74 Å². The summed E-state index contributed by atoms with van der Waals surface area (Å²) in [4.78, 5) is 4.37. The lowest BCUT2D eigenvalue weighted by molar-refractivity contribution is 0.272. The zero-order valence-corrected chi connectivity index (χ0v) is 12.1. The zero-order valence-electron chi connectivity index (χ0n) is 12.1. The fourth-order valence-corrected chi connectivity index (χ4v) is 2.20.